The summed E-state index contributed by atoms with van der Waals surface area (Å²) in [6.45, 7) is 14.2. The highest BCUT2D eigenvalue weighted by molar-refractivity contribution is 7.00. The summed E-state index contributed by atoms with van der Waals surface area (Å²) < 4.78 is 5.04. The molecular formula is C88H79BN4. The van der Waals surface area contributed by atoms with Gasteiger partial charge in [-0.05, 0) is 178 Å². The fourth-order valence-corrected chi connectivity index (χ4v) is 15.7. The smallest absolute Gasteiger partial charge is 0.252 e. The number of anilines is 6. The number of unbranched alkanes of at least 4 members (excludes halogenated alkanes) is 3. The zero-order valence-corrected chi connectivity index (χ0v) is 54.6. The molecule has 4 nitrogen and oxygen atoms in total. The Kier molecular flexibility index (Phi) is 14.9. The highest BCUT2D eigenvalue weighted by Gasteiger charge is 2.46. The standard InChI is InChI=1S/C88H79BN4/c1-7-10-30-59-51-63(31-11-8-2)86(64(52-59)32-12-9-3)92-81-57-67(90-77-43-26-22-39-69(77)70-40-23-27-44-78(70)90)47-49-75(81)89-76-50-48-68(91-79-45-28-24-41-71(79)72-42-25-29-46-80(72)91)58-82(76)93(84-56-66(88(4,5)6)55-83(92)85(84)89)87-73(61-35-18-14-19-36-61)53-65(60-33-16-13-17-34-60)54-74(87)62-37-20-15-21-38-62/h13-29,33-58H,7-12,30-32H2,1-6H3. The van der Waals surface area contributed by atoms with Crippen LogP contribution in [0.1, 0.15) is 102 Å². The van der Waals surface area contributed by atoms with Gasteiger partial charge in [-0.15, -0.1) is 0 Å². The molecule has 0 bridgehead atoms. The third kappa shape index (κ3) is 9.89. The number of aromatic nitrogens is 2. The molecule has 16 rings (SSSR count). The van der Waals surface area contributed by atoms with Crippen LogP contribution in [0, 0.1) is 0 Å². The zero-order chi connectivity index (χ0) is 62.9. The Balaban J connectivity index is 1.08. The molecule has 454 valence electrons. The molecule has 14 aromatic rings. The van der Waals surface area contributed by atoms with Gasteiger partial charge in [-0.3, -0.25) is 0 Å². The summed E-state index contributed by atoms with van der Waals surface area (Å²) >= 11 is 0. The van der Waals surface area contributed by atoms with E-state index in [1.165, 1.54) is 157 Å². The minimum atomic E-state index is -0.254. The molecule has 0 spiro atoms. The lowest BCUT2D eigenvalue weighted by Gasteiger charge is -2.46. The number of nitrogens with zero attached hydrogens (tertiary/aromatic N) is 4. The third-order valence-electron chi connectivity index (χ3n) is 20.2. The van der Waals surface area contributed by atoms with Gasteiger partial charge < -0.3 is 18.9 Å². The summed E-state index contributed by atoms with van der Waals surface area (Å²) in [5.41, 5.74) is 30.9. The van der Waals surface area contributed by atoms with E-state index in [1.54, 1.807) is 0 Å². The van der Waals surface area contributed by atoms with Gasteiger partial charge in [-0.25, -0.2) is 0 Å². The summed E-state index contributed by atoms with van der Waals surface area (Å²) in [6.07, 6.45) is 9.89. The maximum atomic E-state index is 2.82. The van der Waals surface area contributed by atoms with Crippen LogP contribution >= 0.6 is 0 Å². The number of hydrogen-bond donors (Lipinski definition) is 0. The van der Waals surface area contributed by atoms with Crippen LogP contribution in [0.25, 0.3) is 88.4 Å². The number of aryl methyl sites for hydroxylation is 3. The van der Waals surface area contributed by atoms with E-state index in [0.29, 0.717) is 0 Å². The lowest BCUT2D eigenvalue weighted by atomic mass is 9.33. The molecule has 0 N–H and O–H groups in total. The molecule has 0 fully saturated rings. The molecule has 93 heavy (non-hydrogen) atoms. The van der Waals surface area contributed by atoms with E-state index in [1.807, 2.05) is 0 Å². The number of hydrogen-bond acceptors (Lipinski definition) is 2. The average molecular weight is 1200 g/mol. The third-order valence-corrected chi connectivity index (χ3v) is 20.2. The SMILES string of the molecule is CCCCc1cc(CCCC)c(N2c3cc(-n4c5ccccc5c5ccccc54)ccc3B3c4ccc(-n5c6ccccc6c6ccccc65)cc4N(c4c(-c5ccccc5)cc(-c5ccccc5)cc4-c4ccccc4)c4cc(C(C)(C)C)cc2c43)c(CCCC)c1. The zero-order valence-electron chi connectivity index (χ0n) is 54.6. The molecule has 0 saturated heterocycles. The topological polar surface area (TPSA) is 16.3 Å². The normalized spacial score (nSPS) is 12.7. The lowest BCUT2D eigenvalue weighted by molar-refractivity contribution is 0.590. The fourth-order valence-electron chi connectivity index (χ4n) is 15.7. The quantitative estimate of drug-likeness (QED) is 0.0897. The van der Waals surface area contributed by atoms with Crippen LogP contribution in [0.15, 0.2) is 261 Å². The Morgan fingerprint density at radius 1 is 0.333 bits per heavy atom. The summed E-state index contributed by atoms with van der Waals surface area (Å²) in [6, 6.07) is 99.8. The van der Waals surface area contributed by atoms with Crippen molar-refractivity contribution >= 4 is 101 Å². The van der Waals surface area contributed by atoms with E-state index >= 15 is 0 Å². The average Bonchev–Trinajstić information content (AvgIpc) is 1.17. The van der Waals surface area contributed by atoms with Gasteiger partial charge >= 0.3 is 0 Å². The second kappa shape index (κ2) is 23.9. The van der Waals surface area contributed by atoms with Gasteiger partial charge in [0.15, 0.2) is 0 Å². The van der Waals surface area contributed by atoms with Crippen molar-refractivity contribution in [1.82, 2.24) is 9.13 Å². The summed E-state index contributed by atoms with van der Waals surface area (Å²) in [5, 5.41) is 5.02. The predicted molar refractivity (Wildman–Crippen MR) is 400 cm³/mol. The maximum absolute atomic E-state index is 2.82. The predicted octanol–water partition coefficient (Wildman–Crippen LogP) is 22.3. The Morgan fingerprint density at radius 3 is 1.12 bits per heavy atom. The van der Waals surface area contributed by atoms with Gasteiger partial charge in [0.05, 0.1) is 33.4 Å². The van der Waals surface area contributed by atoms with Crippen molar-refractivity contribution in [3.63, 3.8) is 0 Å². The molecule has 5 heteroatoms. The Bertz CT molecular complexity index is 4970. The Hall–Kier alpha value is -10.1. The number of para-hydroxylation sites is 4. The first-order valence-corrected chi connectivity index (χ1v) is 34.2. The monoisotopic (exact) mass is 1200 g/mol. The van der Waals surface area contributed by atoms with Gasteiger partial charge in [-0.1, -0.05) is 249 Å². The van der Waals surface area contributed by atoms with Crippen LogP contribution in [-0.4, -0.2) is 15.8 Å². The molecule has 0 amide bonds. The van der Waals surface area contributed by atoms with Crippen molar-refractivity contribution in [2.75, 3.05) is 9.80 Å². The number of benzene rings is 12. The first kappa shape index (κ1) is 58.0. The van der Waals surface area contributed by atoms with E-state index in [4.69, 9.17) is 0 Å². The van der Waals surface area contributed by atoms with Gasteiger partial charge in [0.25, 0.3) is 6.71 Å². The van der Waals surface area contributed by atoms with Crippen LogP contribution in [0.2, 0.25) is 0 Å². The van der Waals surface area contributed by atoms with Gasteiger partial charge in [0, 0.05) is 66.8 Å². The Morgan fingerprint density at radius 2 is 0.710 bits per heavy atom. The minimum Gasteiger partial charge on any atom is -0.311 e. The minimum absolute atomic E-state index is 0.146. The van der Waals surface area contributed by atoms with Crippen LogP contribution < -0.4 is 26.2 Å². The van der Waals surface area contributed by atoms with E-state index in [-0.39, 0.29) is 12.1 Å². The van der Waals surface area contributed by atoms with Crippen molar-refractivity contribution < 1.29 is 0 Å². The number of rotatable bonds is 16. The molecule has 12 aromatic carbocycles. The first-order valence-electron chi connectivity index (χ1n) is 34.2. The van der Waals surface area contributed by atoms with Gasteiger partial charge in [0.2, 0.25) is 0 Å². The van der Waals surface area contributed by atoms with E-state index in [9.17, 15) is 0 Å². The van der Waals surface area contributed by atoms with Crippen molar-refractivity contribution in [3.8, 4) is 44.8 Å². The Labute approximate surface area is 549 Å². The second-order valence-corrected chi connectivity index (χ2v) is 27.1. The number of fused-ring (bicyclic) bond motifs is 10. The van der Waals surface area contributed by atoms with Crippen LogP contribution in [0.4, 0.5) is 34.1 Å². The molecule has 2 aliphatic heterocycles. The largest absolute Gasteiger partial charge is 0.311 e. The second-order valence-electron chi connectivity index (χ2n) is 27.1. The molecular weight excluding hydrogens is 1120 g/mol. The van der Waals surface area contributed by atoms with Gasteiger partial charge in [-0.2, -0.15) is 0 Å². The van der Waals surface area contributed by atoms with Crippen molar-refractivity contribution in [1.29, 1.82) is 0 Å². The van der Waals surface area contributed by atoms with Crippen molar-refractivity contribution in [2.24, 2.45) is 0 Å². The molecule has 4 heterocycles. The van der Waals surface area contributed by atoms with Crippen LogP contribution in [-0.2, 0) is 24.7 Å². The van der Waals surface area contributed by atoms with Crippen LogP contribution in [0.3, 0.4) is 0 Å². The van der Waals surface area contributed by atoms with Gasteiger partial charge in [0.1, 0.15) is 0 Å². The molecule has 0 radical (unpaired) electrons. The highest BCUT2D eigenvalue weighted by Crippen LogP contribution is 2.54. The van der Waals surface area contributed by atoms with Crippen LogP contribution in [0.5, 0.6) is 0 Å². The fraction of sp³-hybridized carbons (Fsp3) is 0.182. The lowest BCUT2D eigenvalue weighted by Crippen LogP contribution is -2.61. The van der Waals surface area contributed by atoms with E-state index < -0.39 is 0 Å². The molecule has 0 unspecified atom stereocenters. The summed E-state index contributed by atoms with van der Waals surface area (Å²) in [5.74, 6) is 0. The summed E-state index contributed by atoms with van der Waals surface area (Å²) in [7, 11) is 0. The maximum Gasteiger partial charge on any atom is 0.252 e. The molecule has 2 aromatic heterocycles. The molecule has 0 atom stereocenters. The molecule has 0 aliphatic carbocycles. The summed E-state index contributed by atoms with van der Waals surface area (Å²) in [4.78, 5) is 5.57. The van der Waals surface area contributed by atoms with E-state index in [0.717, 1.165) is 62.0 Å². The highest BCUT2D eigenvalue weighted by atomic mass is 15.2. The first-order chi connectivity index (χ1) is 45.7. The molecule has 2 aliphatic rings. The van der Waals surface area contributed by atoms with Crippen molar-refractivity contribution in [3.05, 3.63) is 283 Å². The molecule has 0 saturated carbocycles. The van der Waals surface area contributed by atoms with Crippen molar-refractivity contribution in [2.45, 2.75) is 105 Å². The van der Waals surface area contributed by atoms with E-state index in [2.05, 4.69) is 321 Å².